The number of nitrogens with one attached hydrogen (secondary N) is 1. The van der Waals surface area contributed by atoms with Crippen molar-refractivity contribution in [2.24, 2.45) is 0 Å². The summed E-state index contributed by atoms with van der Waals surface area (Å²) in [4.78, 5) is 16.9. The van der Waals surface area contributed by atoms with Crippen molar-refractivity contribution in [3.8, 4) is 5.75 Å². The summed E-state index contributed by atoms with van der Waals surface area (Å²) in [5.74, 6) is 0.866. The fourth-order valence-corrected chi connectivity index (χ4v) is 4.21. The number of hydrogen-bond donors (Lipinski definition) is 1. The number of nitrogens with zero attached hydrogens (tertiary/aromatic N) is 2. The van der Waals surface area contributed by atoms with Crippen LogP contribution < -0.4 is 10.1 Å². The van der Waals surface area contributed by atoms with Gasteiger partial charge in [-0.3, -0.25) is 4.90 Å². The van der Waals surface area contributed by atoms with E-state index in [4.69, 9.17) is 4.74 Å². The molecule has 180 valence electrons. The molecule has 0 aliphatic carbocycles. The number of ether oxygens (including phenoxy) is 1. The van der Waals surface area contributed by atoms with Gasteiger partial charge in [0.1, 0.15) is 5.75 Å². The summed E-state index contributed by atoms with van der Waals surface area (Å²) in [6.07, 6.45) is 10.4. The summed E-state index contributed by atoms with van der Waals surface area (Å²) in [5, 5.41) is 3.02. The first-order valence-electron chi connectivity index (χ1n) is 12.8. The Labute approximate surface area is 200 Å². The van der Waals surface area contributed by atoms with Gasteiger partial charge in [-0.25, -0.2) is 4.79 Å². The van der Waals surface area contributed by atoms with E-state index in [0.717, 1.165) is 57.2 Å². The van der Waals surface area contributed by atoms with Crippen molar-refractivity contribution in [1.82, 2.24) is 9.80 Å². The number of urea groups is 1. The Morgan fingerprint density at radius 1 is 0.818 bits per heavy atom. The maximum absolute atomic E-state index is 12.6. The summed E-state index contributed by atoms with van der Waals surface area (Å²) in [7, 11) is 0. The number of unbranched alkanes of at least 4 members (excludes halogenated alkanes) is 7. The van der Waals surface area contributed by atoms with E-state index in [0.29, 0.717) is 0 Å². The highest BCUT2D eigenvalue weighted by Gasteiger charge is 2.21. The van der Waals surface area contributed by atoms with E-state index in [1.54, 1.807) is 0 Å². The van der Waals surface area contributed by atoms with Crippen LogP contribution >= 0.6 is 0 Å². The molecule has 0 bridgehead atoms. The van der Waals surface area contributed by atoms with Gasteiger partial charge in [0.2, 0.25) is 0 Å². The molecule has 1 N–H and O–H groups in total. The maximum Gasteiger partial charge on any atom is 0.321 e. The third-order valence-electron chi connectivity index (χ3n) is 6.28. The number of piperazine rings is 1. The molecule has 3 rings (SSSR count). The molecule has 0 unspecified atom stereocenters. The smallest absolute Gasteiger partial charge is 0.321 e. The molecule has 0 spiro atoms. The van der Waals surface area contributed by atoms with E-state index in [1.165, 1.54) is 50.5 Å². The normalized spacial score (nSPS) is 14.3. The zero-order valence-corrected chi connectivity index (χ0v) is 20.3. The average Bonchev–Trinajstić information content (AvgIpc) is 2.85. The van der Waals surface area contributed by atoms with Crippen molar-refractivity contribution >= 4 is 11.7 Å². The summed E-state index contributed by atoms with van der Waals surface area (Å²) in [5.41, 5.74) is 2.13. The first-order chi connectivity index (χ1) is 16.2. The molecule has 1 aliphatic heterocycles. The zero-order chi connectivity index (χ0) is 23.1. The van der Waals surface area contributed by atoms with Crippen LogP contribution in [-0.4, -0.2) is 48.6 Å². The Bertz CT molecular complexity index is 787. The lowest BCUT2D eigenvalue weighted by Gasteiger charge is -2.34. The van der Waals surface area contributed by atoms with Gasteiger partial charge in [0, 0.05) is 38.4 Å². The fourth-order valence-electron chi connectivity index (χ4n) is 4.21. The highest BCUT2D eigenvalue weighted by atomic mass is 16.5. The summed E-state index contributed by atoms with van der Waals surface area (Å²) < 4.78 is 5.86. The van der Waals surface area contributed by atoms with Crippen molar-refractivity contribution < 1.29 is 9.53 Å². The molecule has 0 aromatic heterocycles. The second kappa shape index (κ2) is 14.6. The van der Waals surface area contributed by atoms with E-state index in [9.17, 15) is 4.79 Å². The lowest BCUT2D eigenvalue weighted by atomic mass is 10.1. The van der Waals surface area contributed by atoms with Crippen LogP contribution in [0.1, 0.15) is 63.9 Å². The van der Waals surface area contributed by atoms with Gasteiger partial charge < -0.3 is 15.0 Å². The second-order valence-electron chi connectivity index (χ2n) is 9.03. The first kappa shape index (κ1) is 25.1. The van der Waals surface area contributed by atoms with E-state index in [2.05, 4.69) is 41.4 Å². The van der Waals surface area contributed by atoms with Crippen LogP contribution in [0.15, 0.2) is 54.6 Å². The van der Waals surface area contributed by atoms with Crippen LogP contribution in [0.3, 0.4) is 0 Å². The monoisotopic (exact) mass is 451 g/mol. The lowest BCUT2D eigenvalue weighted by Crippen LogP contribution is -2.49. The summed E-state index contributed by atoms with van der Waals surface area (Å²) >= 11 is 0. The van der Waals surface area contributed by atoms with Crippen molar-refractivity contribution in [2.45, 2.75) is 64.8 Å². The molecule has 2 amide bonds. The summed E-state index contributed by atoms with van der Waals surface area (Å²) in [6.45, 7) is 7.25. The van der Waals surface area contributed by atoms with Gasteiger partial charge >= 0.3 is 6.03 Å². The molecule has 2 aromatic carbocycles. The molecule has 33 heavy (non-hydrogen) atoms. The Morgan fingerprint density at radius 2 is 1.45 bits per heavy atom. The first-order valence-corrected chi connectivity index (χ1v) is 12.8. The third-order valence-corrected chi connectivity index (χ3v) is 6.28. The largest absolute Gasteiger partial charge is 0.494 e. The summed E-state index contributed by atoms with van der Waals surface area (Å²) in [6, 6.07) is 18.2. The van der Waals surface area contributed by atoms with Crippen LogP contribution in [0.5, 0.6) is 5.75 Å². The second-order valence-corrected chi connectivity index (χ2v) is 9.03. The zero-order valence-electron chi connectivity index (χ0n) is 20.3. The molecule has 0 radical (unpaired) electrons. The Morgan fingerprint density at radius 3 is 2.12 bits per heavy atom. The number of anilines is 1. The molecule has 0 atom stereocenters. The minimum atomic E-state index is -0.0260. The SMILES string of the molecule is CCCCCCCCCCOc1ccc(NC(=O)N2CCN(Cc3ccccc3)CC2)cc1. The number of rotatable bonds is 13. The highest BCUT2D eigenvalue weighted by Crippen LogP contribution is 2.18. The molecule has 5 heteroatoms. The van der Waals surface area contributed by atoms with Gasteiger partial charge in [0.05, 0.1) is 6.61 Å². The van der Waals surface area contributed by atoms with Crippen molar-refractivity contribution in [3.05, 3.63) is 60.2 Å². The maximum atomic E-state index is 12.6. The predicted octanol–water partition coefficient (Wildman–Crippen LogP) is 6.56. The van der Waals surface area contributed by atoms with Gasteiger partial charge in [0.15, 0.2) is 0 Å². The van der Waals surface area contributed by atoms with Crippen molar-refractivity contribution in [2.75, 3.05) is 38.1 Å². The molecule has 1 heterocycles. The van der Waals surface area contributed by atoms with E-state index in [-0.39, 0.29) is 6.03 Å². The minimum Gasteiger partial charge on any atom is -0.494 e. The Kier molecular flexibility index (Phi) is 11.1. The van der Waals surface area contributed by atoms with E-state index < -0.39 is 0 Å². The molecule has 5 nitrogen and oxygen atoms in total. The standard InChI is InChI=1S/C28H41N3O2/c1-2-3-4-5-6-7-8-12-23-33-27-17-15-26(16-18-27)29-28(32)31-21-19-30(20-22-31)24-25-13-10-9-11-14-25/h9-11,13-18H,2-8,12,19-24H2,1H3,(H,29,32). The van der Waals surface area contributed by atoms with Gasteiger partial charge in [0.25, 0.3) is 0 Å². The fraction of sp³-hybridized carbons (Fsp3) is 0.536. The van der Waals surface area contributed by atoms with E-state index in [1.807, 2.05) is 35.2 Å². The van der Waals surface area contributed by atoms with Crippen LogP contribution in [0.4, 0.5) is 10.5 Å². The predicted molar refractivity (Wildman–Crippen MR) is 137 cm³/mol. The van der Waals surface area contributed by atoms with Crippen molar-refractivity contribution in [3.63, 3.8) is 0 Å². The Hall–Kier alpha value is -2.53. The molecular weight excluding hydrogens is 410 g/mol. The van der Waals surface area contributed by atoms with Crippen LogP contribution in [0.25, 0.3) is 0 Å². The minimum absolute atomic E-state index is 0.0260. The number of carbonyl (C=O) groups excluding carboxylic acids is 1. The number of benzene rings is 2. The topological polar surface area (TPSA) is 44.8 Å². The van der Waals surface area contributed by atoms with Crippen LogP contribution in [0.2, 0.25) is 0 Å². The average molecular weight is 452 g/mol. The van der Waals surface area contributed by atoms with E-state index >= 15 is 0 Å². The van der Waals surface area contributed by atoms with Gasteiger partial charge in [-0.1, -0.05) is 82.2 Å². The number of carbonyl (C=O) groups is 1. The molecule has 1 aliphatic rings. The van der Waals surface area contributed by atoms with Crippen LogP contribution in [-0.2, 0) is 6.54 Å². The van der Waals surface area contributed by atoms with Gasteiger partial charge in [-0.2, -0.15) is 0 Å². The van der Waals surface area contributed by atoms with Crippen molar-refractivity contribution in [1.29, 1.82) is 0 Å². The van der Waals surface area contributed by atoms with Crippen LogP contribution in [0, 0.1) is 0 Å². The molecular formula is C28H41N3O2. The van der Waals surface area contributed by atoms with Gasteiger partial charge in [-0.15, -0.1) is 0 Å². The quantitative estimate of drug-likeness (QED) is 0.351. The molecule has 2 aromatic rings. The third kappa shape index (κ3) is 9.47. The highest BCUT2D eigenvalue weighted by molar-refractivity contribution is 5.89. The molecule has 1 saturated heterocycles. The molecule has 1 fully saturated rings. The Balaban J connectivity index is 1.28. The van der Waals surface area contributed by atoms with Gasteiger partial charge in [-0.05, 0) is 36.2 Å². The number of amides is 2. The number of hydrogen-bond acceptors (Lipinski definition) is 3. The molecule has 0 saturated carbocycles. The lowest BCUT2D eigenvalue weighted by molar-refractivity contribution is 0.143.